The summed E-state index contributed by atoms with van der Waals surface area (Å²) < 4.78 is 1.32. The van der Waals surface area contributed by atoms with Gasteiger partial charge in [0.05, 0.1) is 16.8 Å². The van der Waals surface area contributed by atoms with Gasteiger partial charge in [-0.15, -0.1) is 5.10 Å². The number of hydrogen-bond acceptors (Lipinski definition) is 4. The Morgan fingerprint density at radius 2 is 2.14 bits per heavy atom. The van der Waals surface area contributed by atoms with Crippen LogP contribution in [0.5, 0.6) is 0 Å². The maximum absolute atomic E-state index is 11.4. The highest BCUT2D eigenvalue weighted by Crippen LogP contribution is 2.24. The van der Waals surface area contributed by atoms with Gasteiger partial charge in [-0.25, -0.2) is 9.48 Å². The molecule has 7 heteroatoms. The molecule has 0 spiro atoms. The van der Waals surface area contributed by atoms with Crippen LogP contribution in [0.15, 0.2) is 36.4 Å². The van der Waals surface area contributed by atoms with E-state index in [-0.39, 0.29) is 5.56 Å². The Hall–Kier alpha value is -2.91. The number of para-hydroxylation sites is 1. The summed E-state index contributed by atoms with van der Waals surface area (Å²) in [6, 6.07) is 11.4. The number of nitriles is 1. The van der Waals surface area contributed by atoms with Gasteiger partial charge < -0.3 is 5.11 Å². The number of rotatable bonds is 2. The Kier molecular flexibility index (Phi) is 3.05. The molecule has 0 radical (unpaired) electrons. The topological polar surface area (TPSA) is 91.8 Å². The van der Waals surface area contributed by atoms with Crippen LogP contribution in [-0.4, -0.2) is 26.1 Å². The summed E-state index contributed by atoms with van der Waals surface area (Å²) in [4.78, 5) is 11.4. The van der Waals surface area contributed by atoms with E-state index in [9.17, 15) is 15.2 Å². The van der Waals surface area contributed by atoms with Crippen molar-refractivity contribution in [2.24, 2.45) is 0 Å². The third-order valence-corrected chi connectivity index (χ3v) is 3.24. The molecule has 0 bridgehead atoms. The summed E-state index contributed by atoms with van der Waals surface area (Å²) >= 11 is 5.96. The van der Waals surface area contributed by atoms with E-state index in [4.69, 9.17) is 11.6 Å². The Morgan fingerprint density at radius 3 is 2.86 bits per heavy atom. The van der Waals surface area contributed by atoms with E-state index >= 15 is 0 Å². The van der Waals surface area contributed by atoms with Gasteiger partial charge >= 0.3 is 5.97 Å². The second kappa shape index (κ2) is 4.89. The lowest BCUT2D eigenvalue weighted by Gasteiger charge is -2.06. The van der Waals surface area contributed by atoms with Gasteiger partial charge in [0, 0.05) is 5.02 Å². The van der Waals surface area contributed by atoms with E-state index < -0.39 is 5.97 Å². The van der Waals surface area contributed by atoms with Gasteiger partial charge in [0.2, 0.25) is 0 Å². The molecule has 1 aromatic heterocycles. The number of hydrogen-bond donors (Lipinski definition) is 1. The van der Waals surface area contributed by atoms with Crippen LogP contribution in [0.25, 0.3) is 16.7 Å². The number of carboxylic acid groups (broad SMARTS) is 1. The highest BCUT2D eigenvalue weighted by molar-refractivity contribution is 6.30. The quantitative estimate of drug-likeness (QED) is 0.785. The maximum atomic E-state index is 11.4. The molecule has 6 nitrogen and oxygen atoms in total. The zero-order chi connectivity index (χ0) is 15.0. The monoisotopic (exact) mass is 298 g/mol. The fourth-order valence-corrected chi connectivity index (χ4v) is 2.25. The number of carboxylic acids is 1. The van der Waals surface area contributed by atoms with Crippen molar-refractivity contribution in [2.45, 2.75) is 0 Å². The van der Waals surface area contributed by atoms with E-state index in [0.29, 0.717) is 27.3 Å². The Balaban J connectivity index is 2.39. The highest BCUT2D eigenvalue weighted by atomic mass is 35.5. The largest absolute Gasteiger partial charge is 0.478 e. The second-order valence-corrected chi connectivity index (χ2v) is 4.69. The van der Waals surface area contributed by atoms with Crippen molar-refractivity contribution in [3.05, 3.63) is 52.5 Å². The molecule has 2 aromatic carbocycles. The molecular formula is C14H7ClN4O2. The van der Waals surface area contributed by atoms with Gasteiger partial charge in [-0.2, -0.15) is 5.26 Å². The maximum Gasteiger partial charge on any atom is 0.337 e. The van der Waals surface area contributed by atoms with Crippen LogP contribution < -0.4 is 0 Å². The van der Waals surface area contributed by atoms with Crippen LogP contribution in [0.1, 0.15) is 15.9 Å². The van der Waals surface area contributed by atoms with Gasteiger partial charge in [-0.05, 0) is 30.3 Å². The minimum Gasteiger partial charge on any atom is -0.478 e. The molecule has 102 valence electrons. The van der Waals surface area contributed by atoms with Gasteiger partial charge in [-0.3, -0.25) is 0 Å². The van der Waals surface area contributed by atoms with Crippen LogP contribution in [-0.2, 0) is 0 Å². The molecular weight excluding hydrogens is 292 g/mol. The first-order valence-electron chi connectivity index (χ1n) is 5.89. The molecule has 1 N–H and O–H groups in total. The predicted octanol–water partition coefficient (Wildman–Crippen LogP) is 2.64. The molecule has 0 aliphatic carbocycles. The first kappa shape index (κ1) is 13.1. The SMILES string of the molecule is N#Cc1ccc(Cl)cc1-n1nnc2cccc(C(=O)O)c21. The smallest absolute Gasteiger partial charge is 0.337 e. The van der Waals surface area contributed by atoms with Crippen molar-refractivity contribution in [3.63, 3.8) is 0 Å². The van der Waals surface area contributed by atoms with Gasteiger partial charge in [0.1, 0.15) is 17.1 Å². The molecule has 0 aliphatic rings. The molecule has 0 saturated carbocycles. The Morgan fingerprint density at radius 1 is 1.33 bits per heavy atom. The predicted molar refractivity (Wildman–Crippen MR) is 75.5 cm³/mol. The first-order valence-corrected chi connectivity index (χ1v) is 6.27. The number of aromatic carboxylic acids is 1. The van der Waals surface area contributed by atoms with Crippen molar-refractivity contribution in [3.8, 4) is 11.8 Å². The summed E-state index contributed by atoms with van der Waals surface area (Å²) in [6.45, 7) is 0. The van der Waals surface area contributed by atoms with Crippen molar-refractivity contribution in [1.29, 1.82) is 5.26 Å². The number of fused-ring (bicyclic) bond motifs is 1. The molecule has 0 amide bonds. The molecule has 3 rings (SSSR count). The van der Waals surface area contributed by atoms with Crippen molar-refractivity contribution in [1.82, 2.24) is 15.0 Å². The average molecular weight is 299 g/mol. The lowest BCUT2D eigenvalue weighted by molar-refractivity contribution is 0.0698. The van der Waals surface area contributed by atoms with Crippen LogP contribution in [0.2, 0.25) is 5.02 Å². The first-order chi connectivity index (χ1) is 10.1. The number of aromatic nitrogens is 3. The highest BCUT2D eigenvalue weighted by Gasteiger charge is 2.17. The van der Waals surface area contributed by atoms with Gasteiger partial charge in [-0.1, -0.05) is 22.9 Å². The normalized spacial score (nSPS) is 10.5. The summed E-state index contributed by atoms with van der Waals surface area (Å²) in [5.41, 5.74) is 1.52. The van der Waals surface area contributed by atoms with Gasteiger partial charge in [0.15, 0.2) is 0 Å². The van der Waals surface area contributed by atoms with E-state index in [0.717, 1.165) is 0 Å². The fourth-order valence-electron chi connectivity index (χ4n) is 2.09. The summed E-state index contributed by atoms with van der Waals surface area (Å²) in [5.74, 6) is -1.09. The second-order valence-electron chi connectivity index (χ2n) is 4.25. The van der Waals surface area contributed by atoms with E-state index in [1.807, 2.05) is 6.07 Å². The fraction of sp³-hybridized carbons (Fsp3) is 0. The molecule has 21 heavy (non-hydrogen) atoms. The molecule has 0 saturated heterocycles. The minimum absolute atomic E-state index is 0.0568. The van der Waals surface area contributed by atoms with Crippen molar-refractivity contribution in [2.75, 3.05) is 0 Å². The minimum atomic E-state index is -1.09. The summed E-state index contributed by atoms with van der Waals surface area (Å²) in [5, 5.41) is 26.8. The number of carbonyl (C=O) groups is 1. The van der Waals surface area contributed by atoms with Crippen LogP contribution in [0.4, 0.5) is 0 Å². The molecule has 3 aromatic rings. The van der Waals surface area contributed by atoms with Crippen molar-refractivity contribution < 1.29 is 9.90 Å². The Labute approximate surface area is 123 Å². The van der Waals surface area contributed by atoms with Gasteiger partial charge in [0.25, 0.3) is 0 Å². The Bertz CT molecular complexity index is 911. The lowest BCUT2D eigenvalue weighted by Crippen LogP contribution is -2.05. The zero-order valence-corrected chi connectivity index (χ0v) is 11.2. The van der Waals surface area contributed by atoms with E-state index in [1.165, 1.54) is 10.7 Å². The summed E-state index contributed by atoms with van der Waals surface area (Å²) in [7, 11) is 0. The number of halogens is 1. The number of nitrogens with zero attached hydrogens (tertiary/aromatic N) is 4. The summed E-state index contributed by atoms with van der Waals surface area (Å²) in [6.07, 6.45) is 0. The van der Waals surface area contributed by atoms with Crippen LogP contribution in [0, 0.1) is 11.3 Å². The van der Waals surface area contributed by atoms with Crippen molar-refractivity contribution >= 4 is 28.6 Å². The molecule has 0 atom stereocenters. The van der Waals surface area contributed by atoms with E-state index in [2.05, 4.69) is 10.3 Å². The lowest BCUT2D eigenvalue weighted by atomic mass is 10.1. The van der Waals surface area contributed by atoms with Crippen LogP contribution in [0.3, 0.4) is 0 Å². The standard InChI is InChI=1S/C14H7ClN4O2/c15-9-5-4-8(7-16)12(6-9)19-13-10(14(20)21)2-1-3-11(13)17-18-19/h1-6H,(H,20,21). The van der Waals surface area contributed by atoms with Crippen LogP contribution >= 0.6 is 11.6 Å². The third-order valence-electron chi connectivity index (χ3n) is 3.01. The zero-order valence-electron chi connectivity index (χ0n) is 10.5. The number of benzene rings is 2. The molecule has 0 fully saturated rings. The molecule has 0 unspecified atom stereocenters. The molecule has 1 heterocycles. The molecule has 0 aliphatic heterocycles. The van der Waals surface area contributed by atoms with E-state index in [1.54, 1.807) is 30.3 Å². The third kappa shape index (κ3) is 2.10. The average Bonchev–Trinajstić information content (AvgIpc) is 2.90.